The van der Waals surface area contributed by atoms with Gasteiger partial charge in [0, 0.05) is 12.5 Å². The number of likely N-dealkylation sites (tertiary alicyclic amines) is 1. The highest BCUT2D eigenvalue weighted by molar-refractivity contribution is 5.82. The molecule has 134 valence electrons. The van der Waals surface area contributed by atoms with Crippen molar-refractivity contribution in [2.45, 2.75) is 24.6 Å². The van der Waals surface area contributed by atoms with Crippen LogP contribution in [0.5, 0.6) is 0 Å². The molecule has 1 heterocycles. The maximum Gasteiger partial charge on any atom is 0.410 e. The Labute approximate surface area is 150 Å². The van der Waals surface area contributed by atoms with Crippen LogP contribution >= 0.6 is 0 Å². The van der Waals surface area contributed by atoms with Crippen molar-refractivity contribution < 1.29 is 23.8 Å². The Balaban J connectivity index is 1.53. The van der Waals surface area contributed by atoms with E-state index < -0.39 is 24.3 Å². The van der Waals surface area contributed by atoms with Crippen molar-refractivity contribution in [1.82, 2.24) is 4.90 Å². The van der Waals surface area contributed by atoms with Gasteiger partial charge in [-0.15, -0.1) is 0 Å². The van der Waals surface area contributed by atoms with Crippen LogP contribution in [0.25, 0.3) is 11.1 Å². The third-order valence-corrected chi connectivity index (χ3v) is 5.15. The maximum absolute atomic E-state index is 13.8. The van der Waals surface area contributed by atoms with Gasteiger partial charge in [-0.25, -0.2) is 14.0 Å². The number of carboxylic acids is 1. The van der Waals surface area contributed by atoms with Gasteiger partial charge in [0.1, 0.15) is 12.8 Å². The number of carbonyl (C=O) groups is 2. The van der Waals surface area contributed by atoms with E-state index in [0.29, 0.717) is 0 Å². The molecule has 1 aliphatic carbocycles. The minimum atomic E-state index is -1.56. The molecule has 0 aromatic heterocycles. The second kappa shape index (κ2) is 6.44. The Kier molecular flexibility index (Phi) is 4.11. The first-order valence-corrected chi connectivity index (χ1v) is 8.56. The number of nitrogens with zero attached hydrogens (tertiary/aromatic N) is 1. The number of hydrogen-bond acceptors (Lipinski definition) is 3. The van der Waals surface area contributed by atoms with Gasteiger partial charge in [0.15, 0.2) is 6.04 Å². The zero-order valence-corrected chi connectivity index (χ0v) is 14.0. The molecule has 5 nitrogen and oxygen atoms in total. The fourth-order valence-corrected chi connectivity index (χ4v) is 3.92. The summed E-state index contributed by atoms with van der Waals surface area (Å²) in [5.74, 6) is -1.46. The van der Waals surface area contributed by atoms with Crippen LogP contribution < -0.4 is 0 Å². The Morgan fingerprint density at radius 3 is 2.23 bits per heavy atom. The average molecular weight is 355 g/mol. The highest BCUT2D eigenvalue weighted by Crippen LogP contribution is 2.44. The summed E-state index contributed by atoms with van der Waals surface area (Å²) in [5, 5.41) is 9.15. The molecule has 1 aliphatic heterocycles. The molecule has 1 N–H and O–H groups in total. The molecule has 2 atom stereocenters. The number of hydrogen-bond donors (Lipinski definition) is 1. The fourth-order valence-electron chi connectivity index (χ4n) is 3.92. The lowest BCUT2D eigenvalue weighted by molar-refractivity contribution is -0.143. The van der Waals surface area contributed by atoms with Crippen molar-refractivity contribution in [3.63, 3.8) is 0 Å². The second-order valence-electron chi connectivity index (χ2n) is 6.59. The molecule has 0 unspecified atom stereocenters. The molecule has 2 aromatic rings. The molecule has 2 aromatic carbocycles. The minimum absolute atomic E-state index is 0.0150. The predicted octanol–water partition coefficient (Wildman–Crippen LogP) is 3.43. The molecular formula is C20H18FNO4. The monoisotopic (exact) mass is 355 g/mol. The summed E-state index contributed by atoms with van der Waals surface area (Å²) in [4.78, 5) is 24.6. The number of rotatable bonds is 3. The number of benzene rings is 2. The summed E-state index contributed by atoms with van der Waals surface area (Å²) in [6.07, 6.45) is -2.33. The quantitative estimate of drug-likeness (QED) is 0.916. The van der Waals surface area contributed by atoms with E-state index >= 15 is 0 Å². The average Bonchev–Trinajstić information content (AvgIpc) is 3.18. The molecule has 0 radical (unpaired) electrons. The molecule has 1 amide bonds. The van der Waals surface area contributed by atoms with Crippen molar-refractivity contribution in [3.8, 4) is 11.1 Å². The van der Waals surface area contributed by atoms with E-state index in [-0.39, 0.29) is 25.5 Å². The highest BCUT2D eigenvalue weighted by Gasteiger charge is 2.43. The number of amides is 1. The first-order chi connectivity index (χ1) is 12.6. The smallest absolute Gasteiger partial charge is 0.410 e. The largest absolute Gasteiger partial charge is 0.480 e. The Morgan fingerprint density at radius 1 is 1.08 bits per heavy atom. The molecule has 0 spiro atoms. The van der Waals surface area contributed by atoms with Crippen LogP contribution in [0.4, 0.5) is 9.18 Å². The van der Waals surface area contributed by atoms with Gasteiger partial charge in [-0.05, 0) is 28.7 Å². The van der Waals surface area contributed by atoms with Crippen LogP contribution in [-0.4, -0.2) is 47.4 Å². The zero-order chi connectivity index (χ0) is 18.3. The van der Waals surface area contributed by atoms with Gasteiger partial charge in [0.2, 0.25) is 0 Å². The summed E-state index contributed by atoms with van der Waals surface area (Å²) in [6.45, 7) is 0.140. The third-order valence-electron chi connectivity index (χ3n) is 5.15. The summed E-state index contributed by atoms with van der Waals surface area (Å²) < 4.78 is 19.2. The Morgan fingerprint density at radius 2 is 1.65 bits per heavy atom. The topological polar surface area (TPSA) is 66.8 Å². The molecular weight excluding hydrogens is 337 g/mol. The van der Waals surface area contributed by atoms with Crippen LogP contribution in [0.1, 0.15) is 23.5 Å². The van der Waals surface area contributed by atoms with E-state index in [9.17, 15) is 14.0 Å². The van der Waals surface area contributed by atoms with Crippen molar-refractivity contribution in [1.29, 1.82) is 0 Å². The van der Waals surface area contributed by atoms with Crippen LogP contribution in [0.15, 0.2) is 48.5 Å². The highest BCUT2D eigenvalue weighted by atomic mass is 19.1. The third kappa shape index (κ3) is 2.62. The van der Waals surface area contributed by atoms with Gasteiger partial charge in [0.05, 0.1) is 0 Å². The zero-order valence-electron chi connectivity index (χ0n) is 14.0. The molecule has 26 heavy (non-hydrogen) atoms. The first kappa shape index (κ1) is 16.6. The number of alkyl halides is 1. The minimum Gasteiger partial charge on any atom is -0.480 e. The number of ether oxygens (including phenoxy) is 1. The van der Waals surface area contributed by atoms with Gasteiger partial charge in [-0.1, -0.05) is 48.5 Å². The van der Waals surface area contributed by atoms with Crippen molar-refractivity contribution in [2.75, 3.05) is 13.2 Å². The summed E-state index contributed by atoms with van der Waals surface area (Å²) in [7, 11) is 0. The van der Waals surface area contributed by atoms with Crippen LogP contribution in [0.3, 0.4) is 0 Å². The summed E-state index contributed by atoms with van der Waals surface area (Å²) in [5.41, 5.74) is 4.36. The number of halogens is 1. The van der Waals surface area contributed by atoms with Gasteiger partial charge in [-0.3, -0.25) is 4.90 Å². The van der Waals surface area contributed by atoms with Gasteiger partial charge >= 0.3 is 12.1 Å². The SMILES string of the molecule is O=C(O)[C@H]1[C@@H](F)CCN1C(=O)OCC1c2ccccc2-c2ccccc21. The Hall–Kier alpha value is -2.89. The molecule has 0 saturated carbocycles. The van der Waals surface area contributed by atoms with Crippen LogP contribution in [0.2, 0.25) is 0 Å². The molecule has 2 aliphatic rings. The Bertz CT molecular complexity index is 823. The number of fused-ring (bicyclic) bond motifs is 3. The molecule has 1 saturated heterocycles. The van der Waals surface area contributed by atoms with E-state index in [2.05, 4.69) is 0 Å². The van der Waals surface area contributed by atoms with E-state index in [1.54, 1.807) is 0 Å². The van der Waals surface area contributed by atoms with Crippen molar-refractivity contribution >= 4 is 12.1 Å². The van der Waals surface area contributed by atoms with Crippen molar-refractivity contribution in [3.05, 3.63) is 59.7 Å². The normalized spacial score (nSPS) is 21.3. The predicted molar refractivity (Wildman–Crippen MR) is 92.7 cm³/mol. The van der Waals surface area contributed by atoms with Crippen LogP contribution in [0, 0.1) is 0 Å². The standard InChI is InChI=1S/C20H18FNO4/c21-17-9-10-22(18(17)19(23)24)20(25)26-11-16-14-7-3-1-5-12(14)13-6-2-4-8-15(13)16/h1-8,16-18H,9-11H2,(H,23,24)/t17-,18+/m0/s1. The number of carbonyl (C=O) groups excluding carboxylic acids is 1. The number of carboxylic acid groups (broad SMARTS) is 1. The summed E-state index contributed by atoms with van der Waals surface area (Å²) in [6, 6.07) is 14.4. The number of aliphatic carboxylic acids is 1. The second-order valence-corrected chi connectivity index (χ2v) is 6.59. The van der Waals surface area contributed by atoms with E-state index in [1.165, 1.54) is 0 Å². The molecule has 0 bridgehead atoms. The van der Waals surface area contributed by atoms with E-state index in [1.807, 2.05) is 48.5 Å². The lowest BCUT2D eigenvalue weighted by Crippen LogP contribution is -2.44. The van der Waals surface area contributed by atoms with Crippen LogP contribution in [-0.2, 0) is 9.53 Å². The van der Waals surface area contributed by atoms with E-state index in [0.717, 1.165) is 27.2 Å². The van der Waals surface area contributed by atoms with Gasteiger partial charge < -0.3 is 9.84 Å². The van der Waals surface area contributed by atoms with Crippen molar-refractivity contribution in [2.24, 2.45) is 0 Å². The molecule has 4 rings (SSSR count). The lowest BCUT2D eigenvalue weighted by Gasteiger charge is -2.23. The van der Waals surface area contributed by atoms with Gasteiger partial charge in [0.25, 0.3) is 0 Å². The lowest BCUT2D eigenvalue weighted by atomic mass is 9.98. The first-order valence-electron chi connectivity index (χ1n) is 8.56. The molecule has 6 heteroatoms. The molecule has 1 fully saturated rings. The summed E-state index contributed by atoms with van der Waals surface area (Å²) >= 11 is 0. The van der Waals surface area contributed by atoms with Gasteiger partial charge in [-0.2, -0.15) is 0 Å². The maximum atomic E-state index is 13.8. The van der Waals surface area contributed by atoms with E-state index in [4.69, 9.17) is 9.84 Å². The fraction of sp³-hybridized carbons (Fsp3) is 0.300.